The van der Waals surface area contributed by atoms with Gasteiger partial charge >= 0.3 is 6.18 Å². The number of likely N-dealkylation sites (tertiary alicyclic amines) is 1. The molecule has 0 bridgehead atoms. The number of carbonyl (C=O) groups excluding carboxylic acids is 2. The highest BCUT2D eigenvalue weighted by atomic mass is 19.4. The van der Waals surface area contributed by atoms with E-state index in [-0.39, 0.29) is 25.8 Å². The third kappa shape index (κ3) is 3.86. The molecule has 0 spiro atoms. The molecule has 0 aliphatic carbocycles. The highest BCUT2D eigenvalue weighted by Crippen LogP contribution is 2.33. The number of carbonyl (C=O) groups is 2. The van der Waals surface area contributed by atoms with Gasteiger partial charge in [-0.2, -0.15) is 13.2 Å². The molecule has 0 aromatic carbocycles. The second kappa shape index (κ2) is 5.55. The summed E-state index contributed by atoms with van der Waals surface area (Å²) in [7, 11) is 0. The van der Waals surface area contributed by atoms with Gasteiger partial charge in [0.05, 0.1) is 18.4 Å². The van der Waals surface area contributed by atoms with E-state index in [1.165, 1.54) is 0 Å². The van der Waals surface area contributed by atoms with Crippen LogP contribution >= 0.6 is 0 Å². The van der Waals surface area contributed by atoms with Crippen molar-refractivity contribution >= 4 is 11.8 Å². The number of piperidine rings is 1. The fraction of sp³-hybridized carbons (Fsp3) is 0.800. The van der Waals surface area contributed by atoms with E-state index in [2.05, 4.69) is 0 Å². The number of nitrogens with two attached hydrogens (primary N) is 2. The maximum atomic E-state index is 12.5. The largest absolute Gasteiger partial charge is 0.393 e. The van der Waals surface area contributed by atoms with E-state index in [4.69, 9.17) is 11.5 Å². The summed E-state index contributed by atoms with van der Waals surface area (Å²) in [6.45, 7) is -0.160. The third-order valence-electron chi connectivity index (χ3n) is 2.93. The summed E-state index contributed by atoms with van der Waals surface area (Å²) in [4.78, 5) is 23.4. The molecule has 0 aromatic heterocycles. The Bertz CT molecular complexity index is 333. The fourth-order valence-corrected chi connectivity index (χ4v) is 1.98. The van der Waals surface area contributed by atoms with Crippen LogP contribution < -0.4 is 11.5 Å². The molecule has 2 unspecified atom stereocenters. The molecule has 1 aliphatic rings. The van der Waals surface area contributed by atoms with E-state index in [9.17, 15) is 22.8 Å². The third-order valence-corrected chi connectivity index (χ3v) is 2.93. The SMILES string of the molecule is NC(=O)CC(N)C(=O)N1CCCC(C(F)(F)F)C1. The van der Waals surface area contributed by atoms with E-state index in [0.717, 1.165) is 4.90 Å². The van der Waals surface area contributed by atoms with Crippen LogP contribution in [0.25, 0.3) is 0 Å². The molecule has 1 fully saturated rings. The standard InChI is InChI=1S/C10H16F3N3O2/c11-10(12,13)6-2-1-3-16(5-6)9(18)7(14)4-8(15)17/h6-7H,1-5,14H2,(H2,15,17). The Morgan fingerprint density at radius 1 is 1.39 bits per heavy atom. The highest BCUT2D eigenvalue weighted by Gasteiger charge is 2.43. The van der Waals surface area contributed by atoms with Crippen molar-refractivity contribution in [3.8, 4) is 0 Å². The Labute approximate surface area is 102 Å². The molecule has 2 atom stereocenters. The highest BCUT2D eigenvalue weighted by molar-refractivity contribution is 5.87. The summed E-state index contributed by atoms with van der Waals surface area (Å²) in [5, 5.41) is 0. The predicted molar refractivity (Wildman–Crippen MR) is 57.1 cm³/mol. The van der Waals surface area contributed by atoms with Crippen molar-refractivity contribution in [1.29, 1.82) is 0 Å². The topological polar surface area (TPSA) is 89.4 Å². The summed E-state index contributed by atoms with van der Waals surface area (Å²) in [6.07, 6.45) is -4.38. The van der Waals surface area contributed by atoms with Crippen molar-refractivity contribution in [2.75, 3.05) is 13.1 Å². The van der Waals surface area contributed by atoms with Gasteiger partial charge in [-0.3, -0.25) is 9.59 Å². The summed E-state index contributed by atoms with van der Waals surface area (Å²) in [6, 6.07) is -1.16. The maximum absolute atomic E-state index is 12.5. The van der Waals surface area contributed by atoms with Crippen LogP contribution in [-0.4, -0.2) is 42.0 Å². The van der Waals surface area contributed by atoms with Gasteiger partial charge in [0.25, 0.3) is 0 Å². The molecule has 1 heterocycles. The average Bonchev–Trinajstić information content (AvgIpc) is 2.26. The van der Waals surface area contributed by atoms with Crippen LogP contribution in [0.1, 0.15) is 19.3 Å². The Kier molecular flexibility index (Phi) is 4.55. The van der Waals surface area contributed by atoms with Gasteiger partial charge in [0.15, 0.2) is 0 Å². The zero-order valence-electron chi connectivity index (χ0n) is 9.74. The fourth-order valence-electron chi connectivity index (χ4n) is 1.98. The van der Waals surface area contributed by atoms with Gasteiger partial charge in [-0.15, -0.1) is 0 Å². The molecule has 1 rings (SSSR count). The molecule has 5 nitrogen and oxygen atoms in total. The van der Waals surface area contributed by atoms with Gasteiger partial charge in [0.1, 0.15) is 0 Å². The van der Waals surface area contributed by atoms with Gasteiger partial charge in [0.2, 0.25) is 11.8 Å². The molecule has 1 saturated heterocycles. The van der Waals surface area contributed by atoms with Gasteiger partial charge in [-0.25, -0.2) is 0 Å². The number of nitrogens with zero attached hydrogens (tertiary/aromatic N) is 1. The summed E-state index contributed by atoms with van der Waals surface area (Å²) in [5.41, 5.74) is 10.3. The van der Waals surface area contributed by atoms with E-state index < -0.39 is 36.5 Å². The average molecular weight is 267 g/mol. The van der Waals surface area contributed by atoms with Gasteiger partial charge in [-0.1, -0.05) is 0 Å². The van der Waals surface area contributed by atoms with Gasteiger partial charge in [0, 0.05) is 13.1 Å². The monoisotopic (exact) mass is 267 g/mol. The maximum Gasteiger partial charge on any atom is 0.393 e. The van der Waals surface area contributed by atoms with Crippen LogP contribution in [0.2, 0.25) is 0 Å². The lowest BCUT2D eigenvalue weighted by atomic mass is 9.96. The lowest BCUT2D eigenvalue weighted by molar-refractivity contribution is -0.188. The lowest BCUT2D eigenvalue weighted by Crippen LogP contribution is -2.51. The zero-order valence-corrected chi connectivity index (χ0v) is 9.74. The second-order valence-corrected chi connectivity index (χ2v) is 4.44. The van der Waals surface area contributed by atoms with Crippen LogP contribution in [0.3, 0.4) is 0 Å². The Morgan fingerprint density at radius 2 is 2.00 bits per heavy atom. The molecule has 8 heteroatoms. The first-order chi connectivity index (χ1) is 8.21. The first kappa shape index (κ1) is 14.7. The molecule has 104 valence electrons. The van der Waals surface area contributed by atoms with Crippen molar-refractivity contribution < 1.29 is 22.8 Å². The first-order valence-electron chi connectivity index (χ1n) is 5.61. The molecular weight excluding hydrogens is 251 g/mol. The Morgan fingerprint density at radius 3 is 2.50 bits per heavy atom. The van der Waals surface area contributed by atoms with E-state index in [0.29, 0.717) is 0 Å². The Balaban J connectivity index is 2.61. The number of hydrogen-bond acceptors (Lipinski definition) is 3. The lowest BCUT2D eigenvalue weighted by Gasteiger charge is -2.34. The van der Waals surface area contributed by atoms with Gasteiger partial charge in [-0.05, 0) is 12.8 Å². The van der Waals surface area contributed by atoms with Crippen molar-refractivity contribution in [1.82, 2.24) is 4.90 Å². The molecule has 0 saturated carbocycles. The van der Waals surface area contributed by atoms with E-state index in [1.807, 2.05) is 0 Å². The van der Waals surface area contributed by atoms with Crippen molar-refractivity contribution in [3.63, 3.8) is 0 Å². The number of amides is 2. The summed E-state index contributed by atoms with van der Waals surface area (Å²) < 4.78 is 37.6. The second-order valence-electron chi connectivity index (χ2n) is 4.44. The predicted octanol–water partition coefficient (Wildman–Crippen LogP) is -0.0100. The molecule has 1 aliphatic heterocycles. The van der Waals surface area contributed by atoms with E-state index >= 15 is 0 Å². The smallest absolute Gasteiger partial charge is 0.370 e. The quantitative estimate of drug-likeness (QED) is 0.753. The van der Waals surface area contributed by atoms with Gasteiger partial charge < -0.3 is 16.4 Å². The number of rotatable bonds is 3. The minimum Gasteiger partial charge on any atom is -0.370 e. The number of primary amides is 1. The molecule has 18 heavy (non-hydrogen) atoms. The number of halogens is 3. The summed E-state index contributed by atoms with van der Waals surface area (Å²) in [5.74, 6) is -2.92. The number of hydrogen-bond donors (Lipinski definition) is 2. The Hall–Kier alpha value is -1.31. The van der Waals surface area contributed by atoms with Crippen LogP contribution in [-0.2, 0) is 9.59 Å². The van der Waals surface area contributed by atoms with E-state index in [1.54, 1.807) is 0 Å². The molecule has 0 aromatic rings. The van der Waals surface area contributed by atoms with Crippen LogP contribution in [0, 0.1) is 5.92 Å². The van der Waals surface area contributed by atoms with Crippen LogP contribution in [0.5, 0.6) is 0 Å². The normalized spacial score (nSPS) is 22.7. The molecule has 2 amide bonds. The molecule has 4 N–H and O–H groups in total. The summed E-state index contributed by atoms with van der Waals surface area (Å²) >= 11 is 0. The van der Waals surface area contributed by atoms with Crippen molar-refractivity contribution in [2.45, 2.75) is 31.5 Å². The molecule has 0 radical (unpaired) electrons. The van der Waals surface area contributed by atoms with Crippen molar-refractivity contribution in [2.24, 2.45) is 17.4 Å². The van der Waals surface area contributed by atoms with Crippen LogP contribution in [0.4, 0.5) is 13.2 Å². The zero-order chi connectivity index (χ0) is 13.9. The first-order valence-corrected chi connectivity index (χ1v) is 5.61. The minimum absolute atomic E-state index is 0.0122. The molecular formula is C10H16F3N3O2. The van der Waals surface area contributed by atoms with Crippen LogP contribution in [0.15, 0.2) is 0 Å². The number of alkyl halides is 3. The minimum atomic E-state index is -4.31. The van der Waals surface area contributed by atoms with Crippen molar-refractivity contribution in [3.05, 3.63) is 0 Å².